The third-order valence-corrected chi connectivity index (χ3v) is 6.46. The Morgan fingerprint density at radius 2 is 1.93 bits per heavy atom. The summed E-state index contributed by atoms with van der Waals surface area (Å²) in [6, 6.07) is 14.2. The van der Waals surface area contributed by atoms with E-state index in [2.05, 4.69) is 32.2 Å². The van der Waals surface area contributed by atoms with Crippen LogP contribution >= 0.6 is 11.3 Å². The molecule has 2 aromatic heterocycles. The lowest BCUT2D eigenvalue weighted by molar-refractivity contribution is -0.120. The van der Waals surface area contributed by atoms with Crippen LogP contribution in [0, 0.1) is 12.8 Å². The fourth-order valence-electron chi connectivity index (χ4n) is 3.83. The second-order valence-corrected chi connectivity index (χ2v) is 8.85. The van der Waals surface area contributed by atoms with Gasteiger partial charge in [0.25, 0.3) is 0 Å². The van der Waals surface area contributed by atoms with Crippen molar-refractivity contribution in [3.63, 3.8) is 0 Å². The standard InChI is InChI=1S/C23H27N5OS/c1-16-6-7-18(15-20(16)27(2)3)24-23(29)17-10-12-28(13-11-17)22-9-8-19(25-26-22)21-5-4-14-30-21/h4-9,14-15,17H,10-13H2,1-3H3,(H,24,29). The van der Waals surface area contributed by atoms with E-state index in [4.69, 9.17) is 0 Å². The number of hydrogen-bond donors (Lipinski definition) is 1. The molecule has 0 saturated carbocycles. The summed E-state index contributed by atoms with van der Waals surface area (Å²) in [7, 11) is 4.03. The summed E-state index contributed by atoms with van der Waals surface area (Å²) in [5.74, 6) is 0.995. The number of amides is 1. The Kier molecular flexibility index (Phi) is 5.99. The first-order chi connectivity index (χ1) is 14.5. The van der Waals surface area contributed by atoms with Crippen molar-refractivity contribution in [2.45, 2.75) is 19.8 Å². The highest BCUT2D eigenvalue weighted by atomic mass is 32.1. The lowest BCUT2D eigenvalue weighted by atomic mass is 9.95. The average molecular weight is 422 g/mol. The number of aryl methyl sites for hydroxylation is 1. The van der Waals surface area contributed by atoms with Gasteiger partial charge in [-0.15, -0.1) is 21.5 Å². The predicted octanol–water partition coefficient (Wildman–Crippen LogP) is 4.43. The van der Waals surface area contributed by atoms with Crippen LogP contribution in [0.2, 0.25) is 0 Å². The quantitative estimate of drug-likeness (QED) is 0.660. The zero-order valence-corrected chi connectivity index (χ0v) is 18.4. The second-order valence-electron chi connectivity index (χ2n) is 7.90. The Labute approximate surface area is 181 Å². The van der Waals surface area contributed by atoms with E-state index in [1.807, 2.05) is 61.9 Å². The van der Waals surface area contributed by atoms with E-state index in [0.717, 1.165) is 53.7 Å². The fourth-order valence-corrected chi connectivity index (χ4v) is 4.52. The first-order valence-electron chi connectivity index (χ1n) is 10.2. The molecule has 0 aliphatic carbocycles. The number of hydrogen-bond acceptors (Lipinski definition) is 6. The lowest BCUT2D eigenvalue weighted by Crippen LogP contribution is -2.38. The average Bonchev–Trinajstić information content (AvgIpc) is 3.30. The lowest BCUT2D eigenvalue weighted by Gasteiger charge is -2.31. The molecule has 156 valence electrons. The Bertz CT molecular complexity index is 993. The summed E-state index contributed by atoms with van der Waals surface area (Å²) in [6.45, 7) is 3.69. The number of aromatic nitrogens is 2. The van der Waals surface area contributed by atoms with Gasteiger partial charge < -0.3 is 15.1 Å². The predicted molar refractivity (Wildman–Crippen MR) is 124 cm³/mol. The van der Waals surface area contributed by atoms with Gasteiger partial charge in [0.1, 0.15) is 5.69 Å². The number of rotatable bonds is 5. The van der Waals surface area contributed by atoms with Crippen molar-refractivity contribution in [1.82, 2.24) is 10.2 Å². The van der Waals surface area contributed by atoms with Crippen molar-refractivity contribution >= 4 is 34.4 Å². The van der Waals surface area contributed by atoms with Crippen LogP contribution in [0.5, 0.6) is 0 Å². The van der Waals surface area contributed by atoms with Crippen LogP contribution in [0.25, 0.3) is 10.6 Å². The van der Waals surface area contributed by atoms with Crippen molar-refractivity contribution in [1.29, 1.82) is 0 Å². The molecular weight excluding hydrogens is 394 g/mol. The van der Waals surface area contributed by atoms with E-state index in [0.29, 0.717) is 0 Å². The summed E-state index contributed by atoms with van der Waals surface area (Å²) in [6.07, 6.45) is 1.62. The zero-order valence-electron chi connectivity index (χ0n) is 17.6. The molecule has 6 nitrogen and oxygen atoms in total. The van der Waals surface area contributed by atoms with Crippen LogP contribution in [0.1, 0.15) is 18.4 Å². The van der Waals surface area contributed by atoms with Gasteiger partial charge in [0.15, 0.2) is 5.82 Å². The highest BCUT2D eigenvalue weighted by Crippen LogP contribution is 2.27. The third-order valence-electron chi connectivity index (χ3n) is 5.57. The molecule has 3 heterocycles. The minimum atomic E-state index is 0.0173. The minimum absolute atomic E-state index is 0.0173. The van der Waals surface area contributed by atoms with Gasteiger partial charge in [0, 0.05) is 44.5 Å². The smallest absolute Gasteiger partial charge is 0.227 e. The molecule has 1 aliphatic heterocycles. The minimum Gasteiger partial charge on any atom is -0.377 e. The number of piperidine rings is 1. The van der Waals surface area contributed by atoms with Gasteiger partial charge in [-0.05, 0) is 61.0 Å². The molecule has 1 saturated heterocycles. The Morgan fingerprint density at radius 1 is 1.13 bits per heavy atom. The zero-order chi connectivity index (χ0) is 21.1. The molecule has 0 spiro atoms. The molecule has 30 heavy (non-hydrogen) atoms. The number of thiophene rings is 1. The molecule has 1 aliphatic rings. The molecule has 0 bridgehead atoms. The number of nitrogens with one attached hydrogen (secondary N) is 1. The van der Waals surface area contributed by atoms with Crippen molar-refractivity contribution in [2.75, 3.05) is 42.3 Å². The second kappa shape index (κ2) is 8.83. The van der Waals surface area contributed by atoms with E-state index >= 15 is 0 Å². The number of benzene rings is 1. The molecular formula is C23H27N5OS. The first kappa shape index (κ1) is 20.3. The van der Waals surface area contributed by atoms with Crippen molar-refractivity contribution in [2.24, 2.45) is 5.92 Å². The van der Waals surface area contributed by atoms with E-state index in [1.54, 1.807) is 11.3 Å². The van der Waals surface area contributed by atoms with E-state index < -0.39 is 0 Å². The molecule has 4 rings (SSSR count). The van der Waals surface area contributed by atoms with E-state index in [1.165, 1.54) is 5.56 Å². The highest BCUT2D eigenvalue weighted by molar-refractivity contribution is 7.13. The summed E-state index contributed by atoms with van der Waals surface area (Å²) >= 11 is 1.66. The number of carbonyl (C=O) groups is 1. The third kappa shape index (κ3) is 4.46. The fraction of sp³-hybridized carbons (Fsp3) is 0.348. The van der Waals surface area contributed by atoms with Gasteiger partial charge in [-0.25, -0.2) is 0 Å². The summed E-state index contributed by atoms with van der Waals surface area (Å²) < 4.78 is 0. The molecule has 1 amide bonds. The van der Waals surface area contributed by atoms with Gasteiger partial charge in [-0.1, -0.05) is 12.1 Å². The molecule has 1 aromatic carbocycles. The Hall–Kier alpha value is -2.93. The Balaban J connectivity index is 1.34. The van der Waals surface area contributed by atoms with Crippen molar-refractivity contribution in [3.05, 3.63) is 53.4 Å². The normalized spacial score (nSPS) is 14.6. The van der Waals surface area contributed by atoms with Crippen molar-refractivity contribution in [3.8, 4) is 10.6 Å². The van der Waals surface area contributed by atoms with Crippen LogP contribution in [0.15, 0.2) is 47.8 Å². The Morgan fingerprint density at radius 3 is 2.57 bits per heavy atom. The maximum Gasteiger partial charge on any atom is 0.227 e. The van der Waals surface area contributed by atoms with E-state index in [-0.39, 0.29) is 11.8 Å². The summed E-state index contributed by atoms with van der Waals surface area (Å²) in [5.41, 5.74) is 4.06. The number of carbonyl (C=O) groups excluding carboxylic acids is 1. The molecule has 7 heteroatoms. The molecule has 0 radical (unpaired) electrons. The molecule has 1 N–H and O–H groups in total. The molecule has 0 atom stereocenters. The SMILES string of the molecule is Cc1ccc(NC(=O)C2CCN(c3ccc(-c4cccs4)nn3)CC2)cc1N(C)C. The van der Waals surface area contributed by atoms with E-state index in [9.17, 15) is 4.79 Å². The summed E-state index contributed by atoms with van der Waals surface area (Å²) in [5, 5.41) is 13.9. The molecule has 1 fully saturated rings. The molecule has 0 unspecified atom stereocenters. The van der Waals surface area contributed by atoms with Crippen LogP contribution in [-0.4, -0.2) is 43.3 Å². The number of anilines is 3. The number of nitrogens with zero attached hydrogens (tertiary/aromatic N) is 4. The van der Waals surface area contributed by atoms with Gasteiger partial charge >= 0.3 is 0 Å². The maximum atomic E-state index is 12.8. The summed E-state index contributed by atoms with van der Waals surface area (Å²) in [4.78, 5) is 18.2. The van der Waals surface area contributed by atoms with Gasteiger partial charge in [0.05, 0.1) is 4.88 Å². The largest absolute Gasteiger partial charge is 0.377 e. The van der Waals surface area contributed by atoms with Crippen molar-refractivity contribution < 1.29 is 4.79 Å². The van der Waals surface area contributed by atoms with Crippen LogP contribution in [0.4, 0.5) is 17.2 Å². The maximum absolute atomic E-state index is 12.8. The topological polar surface area (TPSA) is 61.4 Å². The highest BCUT2D eigenvalue weighted by Gasteiger charge is 2.26. The van der Waals surface area contributed by atoms with Gasteiger partial charge in [0.2, 0.25) is 5.91 Å². The van der Waals surface area contributed by atoms with Gasteiger partial charge in [-0.3, -0.25) is 4.79 Å². The van der Waals surface area contributed by atoms with Crippen LogP contribution in [0.3, 0.4) is 0 Å². The van der Waals surface area contributed by atoms with Crippen LogP contribution < -0.4 is 15.1 Å². The van der Waals surface area contributed by atoms with Gasteiger partial charge in [-0.2, -0.15) is 0 Å². The monoisotopic (exact) mass is 421 g/mol. The molecule has 3 aromatic rings. The van der Waals surface area contributed by atoms with Crippen LogP contribution in [-0.2, 0) is 4.79 Å². The first-order valence-corrected chi connectivity index (χ1v) is 11.1.